The summed E-state index contributed by atoms with van der Waals surface area (Å²) in [7, 11) is 1.54. The number of hydrogen-bond donors (Lipinski definition) is 2. The quantitative estimate of drug-likeness (QED) is 0.786. The van der Waals surface area contributed by atoms with Gasteiger partial charge in [0.1, 0.15) is 11.8 Å². The maximum absolute atomic E-state index is 13.1. The van der Waals surface area contributed by atoms with Gasteiger partial charge in [-0.25, -0.2) is 0 Å². The fourth-order valence-electron chi connectivity index (χ4n) is 3.51. The van der Waals surface area contributed by atoms with Gasteiger partial charge in [0.15, 0.2) is 0 Å². The van der Waals surface area contributed by atoms with Crippen LogP contribution in [0.3, 0.4) is 0 Å². The minimum absolute atomic E-state index is 0.0795. The number of piperidine rings is 1. The van der Waals surface area contributed by atoms with Crippen LogP contribution in [0.4, 0.5) is 11.4 Å². The van der Waals surface area contributed by atoms with Crippen LogP contribution >= 0.6 is 0 Å². The van der Waals surface area contributed by atoms with Gasteiger partial charge in [-0.2, -0.15) is 0 Å². The van der Waals surface area contributed by atoms with Crippen molar-refractivity contribution >= 4 is 35.0 Å². The van der Waals surface area contributed by atoms with E-state index in [1.54, 1.807) is 30.3 Å². The van der Waals surface area contributed by atoms with Gasteiger partial charge in [0.2, 0.25) is 11.8 Å². The molecule has 2 aliphatic rings. The molecular weight excluding hydrogens is 362 g/mol. The molecule has 0 aromatic heterocycles. The van der Waals surface area contributed by atoms with Gasteiger partial charge < -0.3 is 10.1 Å². The summed E-state index contributed by atoms with van der Waals surface area (Å²) in [5.41, 5.74) is 1.49. The molecule has 0 aliphatic carbocycles. The molecule has 2 aromatic rings. The average molecular weight is 379 g/mol. The highest BCUT2D eigenvalue weighted by molar-refractivity contribution is 6.25. The van der Waals surface area contributed by atoms with Crippen LogP contribution in [0, 0.1) is 0 Å². The summed E-state index contributed by atoms with van der Waals surface area (Å²) in [5, 5.41) is 5.32. The van der Waals surface area contributed by atoms with E-state index in [9.17, 15) is 19.2 Å². The molecule has 4 rings (SSSR count). The molecule has 0 radical (unpaired) electrons. The van der Waals surface area contributed by atoms with Crippen molar-refractivity contribution in [2.75, 3.05) is 12.4 Å². The van der Waals surface area contributed by atoms with Crippen molar-refractivity contribution in [1.82, 2.24) is 10.2 Å². The maximum atomic E-state index is 13.1. The van der Waals surface area contributed by atoms with Gasteiger partial charge in [-0.1, -0.05) is 18.2 Å². The molecule has 142 valence electrons. The minimum atomic E-state index is -0.996. The fraction of sp³-hybridized carbons (Fsp3) is 0.200. The van der Waals surface area contributed by atoms with Gasteiger partial charge in [0.05, 0.1) is 29.6 Å². The fourth-order valence-corrected chi connectivity index (χ4v) is 3.51. The summed E-state index contributed by atoms with van der Waals surface area (Å²) in [5.74, 6) is -1.56. The lowest BCUT2D eigenvalue weighted by Crippen LogP contribution is -2.54. The van der Waals surface area contributed by atoms with E-state index in [0.29, 0.717) is 17.1 Å². The minimum Gasteiger partial charge on any atom is -0.495 e. The Hall–Kier alpha value is -3.68. The van der Waals surface area contributed by atoms with Gasteiger partial charge in [-0.15, -0.1) is 0 Å². The number of para-hydroxylation sites is 2. The van der Waals surface area contributed by atoms with Crippen LogP contribution in [0.2, 0.25) is 0 Å². The van der Waals surface area contributed by atoms with Crippen LogP contribution in [-0.4, -0.2) is 41.7 Å². The third kappa shape index (κ3) is 2.79. The van der Waals surface area contributed by atoms with Crippen molar-refractivity contribution in [2.24, 2.45) is 0 Å². The molecule has 2 heterocycles. The van der Waals surface area contributed by atoms with Crippen molar-refractivity contribution < 1.29 is 23.9 Å². The highest BCUT2D eigenvalue weighted by atomic mass is 16.5. The van der Waals surface area contributed by atoms with Crippen molar-refractivity contribution in [3.05, 3.63) is 53.6 Å². The predicted molar refractivity (Wildman–Crippen MR) is 99.4 cm³/mol. The molecule has 2 aliphatic heterocycles. The number of carbonyl (C=O) groups excluding carboxylic acids is 4. The molecule has 0 spiro atoms. The number of rotatable bonds is 4. The normalized spacial score (nSPS) is 18.8. The average Bonchev–Trinajstić information content (AvgIpc) is 2.94. The van der Waals surface area contributed by atoms with E-state index in [0.717, 1.165) is 4.90 Å². The summed E-state index contributed by atoms with van der Waals surface area (Å²) in [4.78, 5) is 50.4. The van der Waals surface area contributed by atoms with Crippen LogP contribution in [-0.2, 0) is 9.59 Å². The molecule has 2 N–H and O–H groups in total. The van der Waals surface area contributed by atoms with E-state index in [2.05, 4.69) is 10.6 Å². The van der Waals surface area contributed by atoms with Crippen LogP contribution < -0.4 is 15.4 Å². The highest BCUT2D eigenvalue weighted by Gasteiger charge is 2.45. The zero-order chi connectivity index (χ0) is 19.8. The molecule has 1 fully saturated rings. The van der Waals surface area contributed by atoms with Crippen LogP contribution in [0.1, 0.15) is 33.6 Å². The number of anilines is 2. The van der Waals surface area contributed by atoms with E-state index in [1.807, 2.05) is 12.1 Å². The molecule has 2 aromatic carbocycles. The molecule has 0 bridgehead atoms. The van der Waals surface area contributed by atoms with E-state index in [1.165, 1.54) is 7.11 Å². The summed E-state index contributed by atoms with van der Waals surface area (Å²) in [6.45, 7) is 0. The van der Waals surface area contributed by atoms with Gasteiger partial charge in [-0.3, -0.25) is 29.4 Å². The number of nitrogens with one attached hydrogen (secondary N) is 2. The molecule has 1 saturated heterocycles. The van der Waals surface area contributed by atoms with E-state index in [4.69, 9.17) is 4.74 Å². The van der Waals surface area contributed by atoms with Crippen LogP contribution in [0.5, 0.6) is 5.75 Å². The van der Waals surface area contributed by atoms with E-state index < -0.39 is 29.7 Å². The van der Waals surface area contributed by atoms with Crippen molar-refractivity contribution in [3.8, 4) is 5.75 Å². The Kier molecular flexibility index (Phi) is 4.31. The molecule has 28 heavy (non-hydrogen) atoms. The Bertz CT molecular complexity index is 1020. The molecule has 1 atom stereocenters. The SMILES string of the molecule is COc1ccccc1Nc1cccc2c1C(=O)N(C1CCC(=O)NC1=O)C2=O. The summed E-state index contributed by atoms with van der Waals surface area (Å²) < 4.78 is 5.32. The Balaban J connectivity index is 1.70. The molecule has 0 saturated carbocycles. The zero-order valence-electron chi connectivity index (χ0n) is 15.0. The summed E-state index contributed by atoms with van der Waals surface area (Å²) in [6.07, 6.45) is 0.196. The molecule has 8 nitrogen and oxygen atoms in total. The highest BCUT2D eigenvalue weighted by Crippen LogP contribution is 2.35. The summed E-state index contributed by atoms with van der Waals surface area (Å²) in [6, 6.07) is 11.1. The third-order valence-electron chi connectivity index (χ3n) is 4.84. The number of ether oxygens (including phenoxy) is 1. The molecular formula is C20H17N3O5. The van der Waals surface area contributed by atoms with Gasteiger partial charge in [0.25, 0.3) is 11.8 Å². The second kappa shape index (κ2) is 6.80. The number of imide groups is 2. The first-order valence-corrected chi connectivity index (χ1v) is 8.76. The van der Waals surface area contributed by atoms with Gasteiger partial charge >= 0.3 is 0 Å². The number of fused-ring (bicyclic) bond motifs is 1. The van der Waals surface area contributed by atoms with E-state index in [-0.39, 0.29) is 24.0 Å². The van der Waals surface area contributed by atoms with Crippen molar-refractivity contribution in [3.63, 3.8) is 0 Å². The Morgan fingerprint density at radius 2 is 1.75 bits per heavy atom. The predicted octanol–water partition coefficient (Wildman–Crippen LogP) is 1.84. The van der Waals surface area contributed by atoms with Crippen LogP contribution in [0.15, 0.2) is 42.5 Å². The van der Waals surface area contributed by atoms with Crippen molar-refractivity contribution in [1.29, 1.82) is 0 Å². The first kappa shape index (κ1) is 17.7. The number of methoxy groups -OCH3 is 1. The maximum Gasteiger partial charge on any atom is 0.264 e. The van der Waals surface area contributed by atoms with Crippen LogP contribution in [0.25, 0.3) is 0 Å². The molecule has 8 heteroatoms. The standard InChI is InChI=1S/C20H17N3O5/c1-28-15-8-3-2-6-12(15)21-13-7-4-5-11-17(13)20(27)23(19(11)26)14-9-10-16(24)22-18(14)25/h2-8,14,21H,9-10H2,1H3,(H,22,24,25). The smallest absolute Gasteiger partial charge is 0.264 e. The Morgan fingerprint density at radius 3 is 2.50 bits per heavy atom. The third-order valence-corrected chi connectivity index (χ3v) is 4.84. The zero-order valence-corrected chi connectivity index (χ0v) is 15.0. The van der Waals surface area contributed by atoms with Gasteiger partial charge in [0, 0.05) is 6.42 Å². The lowest BCUT2D eigenvalue weighted by atomic mass is 10.0. The number of hydrogen-bond acceptors (Lipinski definition) is 6. The van der Waals surface area contributed by atoms with E-state index >= 15 is 0 Å². The first-order chi connectivity index (χ1) is 13.5. The first-order valence-electron chi connectivity index (χ1n) is 8.76. The summed E-state index contributed by atoms with van der Waals surface area (Å²) >= 11 is 0. The number of carbonyl (C=O) groups is 4. The topological polar surface area (TPSA) is 105 Å². The second-order valence-electron chi connectivity index (χ2n) is 6.50. The Labute approximate surface area is 160 Å². The lowest BCUT2D eigenvalue weighted by Gasteiger charge is -2.27. The second-order valence-corrected chi connectivity index (χ2v) is 6.50. The number of amides is 4. The molecule has 4 amide bonds. The molecule has 1 unspecified atom stereocenters. The number of benzene rings is 2. The number of nitrogens with zero attached hydrogens (tertiary/aromatic N) is 1. The van der Waals surface area contributed by atoms with Gasteiger partial charge in [-0.05, 0) is 30.7 Å². The Morgan fingerprint density at radius 1 is 1.00 bits per heavy atom. The lowest BCUT2D eigenvalue weighted by molar-refractivity contribution is -0.136. The van der Waals surface area contributed by atoms with Crippen molar-refractivity contribution in [2.45, 2.75) is 18.9 Å². The largest absolute Gasteiger partial charge is 0.495 e. The monoisotopic (exact) mass is 379 g/mol.